The molecule has 0 bridgehead atoms. The zero-order valence-corrected chi connectivity index (χ0v) is 64.3. The Kier molecular flexibility index (Phi) is 72.5. The number of nitrogens with zero attached hydrogens (tertiary/aromatic N) is 1. The van der Waals surface area contributed by atoms with Gasteiger partial charge in [0.2, 0.25) is 0 Å². The summed E-state index contributed by atoms with van der Waals surface area (Å²) in [6, 6.07) is 0. The lowest BCUT2D eigenvalue weighted by atomic mass is 10.0. The van der Waals surface area contributed by atoms with E-state index in [1.54, 1.807) is 0 Å². The molecular weight excluding hydrogens is 1230 g/mol. The van der Waals surface area contributed by atoms with E-state index in [0.717, 1.165) is 141 Å². The van der Waals surface area contributed by atoms with Crippen LogP contribution in [0.2, 0.25) is 0 Å². The van der Waals surface area contributed by atoms with E-state index < -0.39 is 26.5 Å². The Labute approximate surface area is 603 Å². The van der Waals surface area contributed by atoms with Crippen molar-refractivity contribution < 1.29 is 42.1 Å². The van der Waals surface area contributed by atoms with Crippen molar-refractivity contribution in [1.82, 2.24) is 0 Å². The van der Waals surface area contributed by atoms with Crippen molar-refractivity contribution in [3.05, 3.63) is 182 Å². The predicted octanol–water partition coefficient (Wildman–Crippen LogP) is 26.6. The van der Waals surface area contributed by atoms with Crippen LogP contribution in [0.1, 0.15) is 309 Å². The van der Waals surface area contributed by atoms with Crippen molar-refractivity contribution in [3.8, 4) is 0 Å². The first-order valence-electron chi connectivity index (χ1n) is 39.5. The largest absolute Gasteiger partial charge is 0.472 e. The Bertz CT molecular complexity index is 2320. The number of carbonyl (C=O) groups excluding carboxylic acids is 2. The van der Waals surface area contributed by atoms with Crippen molar-refractivity contribution >= 4 is 19.8 Å². The van der Waals surface area contributed by atoms with Gasteiger partial charge >= 0.3 is 19.8 Å². The van der Waals surface area contributed by atoms with Gasteiger partial charge in [-0.05, 0) is 135 Å². The normalized spacial score (nSPS) is 14.1. The topological polar surface area (TPSA) is 108 Å². The maximum absolute atomic E-state index is 12.9. The highest BCUT2D eigenvalue weighted by atomic mass is 31.2. The van der Waals surface area contributed by atoms with Crippen molar-refractivity contribution in [2.45, 2.75) is 315 Å². The van der Waals surface area contributed by atoms with Gasteiger partial charge in [-0.15, -0.1) is 0 Å². The molecule has 0 aliphatic carbocycles. The first kappa shape index (κ1) is 93.1. The van der Waals surface area contributed by atoms with Gasteiger partial charge in [0, 0.05) is 12.8 Å². The average molecular weight is 1380 g/mol. The lowest BCUT2D eigenvalue weighted by molar-refractivity contribution is -0.870. The quantitative estimate of drug-likeness (QED) is 0.0211. The Hall–Kier alpha value is -4.89. The number of quaternary nitrogens is 1. The van der Waals surface area contributed by atoms with Crippen LogP contribution in [-0.2, 0) is 32.7 Å². The van der Waals surface area contributed by atoms with E-state index in [9.17, 15) is 19.0 Å². The van der Waals surface area contributed by atoms with Gasteiger partial charge < -0.3 is 18.9 Å². The van der Waals surface area contributed by atoms with Crippen molar-refractivity contribution in [2.75, 3.05) is 47.5 Å². The fourth-order valence-electron chi connectivity index (χ4n) is 10.5. The summed E-state index contributed by atoms with van der Waals surface area (Å²) in [5, 5.41) is 0. The van der Waals surface area contributed by atoms with Gasteiger partial charge in [0.1, 0.15) is 19.8 Å². The summed E-state index contributed by atoms with van der Waals surface area (Å²) in [6.45, 7) is 4.21. The number of hydrogen-bond donors (Lipinski definition) is 1. The van der Waals surface area contributed by atoms with Crippen LogP contribution in [0.25, 0.3) is 0 Å². The summed E-state index contributed by atoms with van der Waals surface area (Å²) in [5.41, 5.74) is 0. The maximum atomic E-state index is 12.9. The Morgan fingerprint density at radius 2 is 0.551 bits per heavy atom. The van der Waals surface area contributed by atoms with E-state index in [2.05, 4.69) is 196 Å². The molecule has 2 atom stereocenters. The number of phosphoric acid groups is 1. The molecule has 0 aromatic carbocycles. The minimum atomic E-state index is -4.41. The van der Waals surface area contributed by atoms with Crippen LogP contribution in [0.5, 0.6) is 0 Å². The fourth-order valence-corrected chi connectivity index (χ4v) is 11.2. The molecule has 2 unspecified atom stereocenters. The summed E-state index contributed by atoms with van der Waals surface area (Å²) < 4.78 is 34.8. The van der Waals surface area contributed by atoms with Gasteiger partial charge in [0.05, 0.1) is 27.7 Å². The van der Waals surface area contributed by atoms with E-state index in [4.69, 9.17) is 18.5 Å². The molecule has 1 N–H and O–H groups in total. The summed E-state index contributed by atoms with van der Waals surface area (Å²) in [4.78, 5) is 36.0. The third kappa shape index (κ3) is 80.1. The number of esters is 2. The summed E-state index contributed by atoms with van der Waals surface area (Å²) in [5.74, 6) is -0.802. The Balaban J connectivity index is 4.03. The van der Waals surface area contributed by atoms with Gasteiger partial charge in [-0.25, -0.2) is 4.57 Å². The molecule has 0 saturated heterocycles. The molecule has 98 heavy (non-hydrogen) atoms. The lowest BCUT2D eigenvalue weighted by Crippen LogP contribution is -2.37. The van der Waals surface area contributed by atoms with E-state index in [1.165, 1.54) is 135 Å². The second-order valence-corrected chi connectivity index (χ2v) is 28.4. The minimum Gasteiger partial charge on any atom is -0.462 e. The molecule has 0 saturated carbocycles. The molecule has 0 fully saturated rings. The fraction of sp³-hybridized carbons (Fsp3) is 0.636. The van der Waals surface area contributed by atoms with Crippen molar-refractivity contribution in [2.24, 2.45) is 0 Å². The number of carbonyl (C=O) groups is 2. The molecule has 10 heteroatoms. The molecule has 0 radical (unpaired) electrons. The molecule has 556 valence electrons. The molecule has 0 spiro atoms. The number of unbranched alkanes of at least 4 members (excludes halogenated alkanes) is 27. The van der Waals surface area contributed by atoms with Crippen LogP contribution < -0.4 is 0 Å². The van der Waals surface area contributed by atoms with Gasteiger partial charge in [0.15, 0.2) is 6.10 Å². The minimum absolute atomic E-state index is 0.0244. The van der Waals surface area contributed by atoms with Crippen LogP contribution in [0, 0.1) is 0 Å². The van der Waals surface area contributed by atoms with Gasteiger partial charge in [-0.3, -0.25) is 18.6 Å². The number of hydrogen-bond acceptors (Lipinski definition) is 7. The smallest absolute Gasteiger partial charge is 0.462 e. The molecule has 0 aromatic heterocycles. The second kappa shape index (κ2) is 76.3. The molecule has 0 amide bonds. The third-order valence-corrected chi connectivity index (χ3v) is 17.4. The Morgan fingerprint density at radius 1 is 0.316 bits per heavy atom. The van der Waals surface area contributed by atoms with Gasteiger partial charge in [-0.2, -0.15) is 0 Å². The van der Waals surface area contributed by atoms with E-state index in [1.807, 2.05) is 21.1 Å². The summed E-state index contributed by atoms with van der Waals surface area (Å²) in [6.07, 6.45) is 117. The SMILES string of the molecule is CC/C=C\C/C=C\C/C=C\C/C=C\C/C=C\C/C=C\C/C=C\C/C=C\CCCCCCCCCCCCCCCCCCC(=O)OC(COC(=O)CCCCCCCCCCCCC/C=C\C/C=C\C/C=C\C/C=C\C/C=C\C/C=C\C/C=C\CC)COP(=O)(O)OCC[N+](C)(C)C. The highest BCUT2D eigenvalue weighted by molar-refractivity contribution is 7.47. The van der Waals surface area contributed by atoms with Crippen LogP contribution in [0.3, 0.4) is 0 Å². The van der Waals surface area contributed by atoms with Crippen LogP contribution in [-0.4, -0.2) is 74.9 Å². The van der Waals surface area contributed by atoms with E-state index in [-0.39, 0.29) is 32.0 Å². The van der Waals surface area contributed by atoms with Crippen LogP contribution in [0.4, 0.5) is 0 Å². The number of allylic oxidation sites excluding steroid dienone is 30. The van der Waals surface area contributed by atoms with Crippen LogP contribution >= 0.6 is 7.82 Å². The molecule has 0 heterocycles. The lowest BCUT2D eigenvalue weighted by Gasteiger charge is -2.24. The Morgan fingerprint density at radius 3 is 0.816 bits per heavy atom. The summed E-state index contributed by atoms with van der Waals surface area (Å²) in [7, 11) is 1.46. The summed E-state index contributed by atoms with van der Waals surface area (Å²) >= 11 is 0. The standard InChI is InChI=1S/C88H146NO8P/c1-6-8-10-12-14-16-18-20-22-24-26-28-30-32-34-36-38-40-41-42-43-44-45-46-47-49-51-53-55-57-59-61-63-65-67-69-71-73-75-77-79-81-88(91)97-86(85-96-98(92,93)95-83-82-89(3,4)5)84-94-87(90)80-78-76-74-72-70-68-66-64-62-60-58-56-54-52-50-48-39-37-35-33-31-29-27-25-23-21-19-17-15-13-11-9-7-2/h8-11,14-17,20-23,26-29,32-35,38-40,42-43,45-46,48,52,54,86H,6-7,12-13,18-19,24-25,30-31,36-37,41,44,47,49-51,53,55-85H2,1-5H3/p+1/b10-8-,11-9-,16-14-,17-15-,22-20-,23-21-,28-26-,29-27-,34-32-,35-33-,40-38-,43-42-,46-45-,48-39-,54-52-. The zero-order chi connectivity index (χ0) is 71.1. The number of phosphoric ester groups is 1. The number of rotatable bonds is 71. The van der Waals surface area contributed by atoms with Crippen molar-refractivity contribution in [3.63, 3.8) is 0 Å². The monoisotopic (exact) mass is 1380 g/mol. The number of likely N-dealkylation sites (N-methyl/N-ethyl adjacent to an activating group) is 1. The highest BCUT2D eigenvalue weighted by Crippen LogP contribution is 2.43. The molecule has 9 nitrogen and oxygen atoms in total. The maximum Gasteiger partial charge on any atom is 0.472 e. The van der Waals surface area contributed by atoms with Gasteiger partial charge in [0.25, 0.3) is 0 Å². The molecule has 0 aliphatic rings. The average Bonchev–Trinajstić information content (AvgIpc) is 1.08. The first-order chi connectivity index (χ1) is 48.0. The molecular formula is C88H147NO8P+. The molecule has 0 aliphatic heterocycles. The van der Waals surface area contributed by atoms with Crippen LogP contribution in [0.15, 0.2) is 182 Å². The van der Waals surface area contributed by atoms with E-state index >= 15 is 0 Å². The van der Waals surface area contributed by atoms with E-state index in [0.29, 0.717) is 17.4 Å². The zero-order valence-electron chi connectivity index (χ0n) is 63.5. The third-order valence-electron chi connectivity index (χ3n) is 16.4. The van der Waals surface area contributed by atoms with Gasteiger partial charge in [-0.1, -0.05) is 344 Å². The first-order valence-corrected chi connectivity index (χ1v) is 41.0. The van der Waals surface area contributed by atoms with Crippen molar-refractivity contribution in [1.29, 1.82) is 0 Å². The highest BCUT2D eigenvalue weighted by Gasteiger charge is 2.27. The predicted molar refractivity (Wildman–Crippen MR) is 426 cm³/mol. The molecule has 0 rings (SSSR count). The molecule has 0 aromatic rings. The number of ether oxygens (including phenoxy) is 2. The second-order valence-electron chi connectivity index (χ2n) is 27.0.